The van der Waals surface area contributed by atoms with Crippen molar-refractivity contribution in [3.63, 3.8) is 0 Å². The van der Waals surface area contributed by atoms with Gasteiger partial charge in [-0.05, 0) is 67.6 Å². The van der Waals surface area contributed by atoms with Gasteiger partial charge in [0.1, 0.15) is 5.57 Å². The van der Waals surface area contributed by atoms with Crippen LogP contribution in [0.5, 0.6) is 0 Å². The average Bonchev–Trinajstić information content (AvgIpc) is 2.92. The van der Waals surface area contributed by atoms with Crippen LogP contribution in [0.4, 0.5) is 10.5 Å². The third-order valence-corrected chi connectivity index (χ3v) is 5.93. The van der Waals surface area contributed by atoms with E-state index in [0.717, 1.165) is 10.6 Å². The second-order valence-electron chi connectivity index (χ2n) is 8.54. The van der Waals surface area contributed by atoms with Gasteiger partial charge >= 0.3 is 23.7 Å². The number of nitrogens with one attached hydrogen (secondary N) is 2. The SMILES string of the molecule is Cc1[nH]c(=O)n(-c2ccc(C(=O)O)cc2)c(=O)c1/C=C/C=C/C=C1\C(=O)NC(=O)N(c2ccc(C(=O)O)cc2)C1=O. The number of barbiturate groups is 1. The fraction of sp³-hybridized carbons (Fsp3) is 0.0357. The first-order chi connectivity index (χ1) is 19.5. The zero-order valence-electron chi connectivity index (χ0n) is 21.2. The quantitative estimate of drug-likeness (QED) is 0.191. The van der Waals surface area contributed by atoms with Gasteiger partial charge in [-0.25, -0.2) is 28.6 Å². The number of allylic oxidation sites excluding steroid dienone is 4. The Morgan fingerprint density at radius 3 is 1.90 bits per heavy atom. The van der Waals surface area contributed by atoms with Crippen molar-refractivity contribution < 1.29 is 34.2 Å². The lowest BCUT2D eigenvalue weighted by molar-refractivity contribution is -0.122. The second-order valence-corrected chi connectivity index (χ2v) is 8.54. The Morgan fingerprint density at radius 2 is 1.34 bits per heavy atom. The van der Waals surface area contributed by atoms with E-state index in [-0.39, 0.29) is 39.3 Å². The number of hydrogen-bond donors (Lipinski definition) is 4. The summed E-state index contributed by atoms with van der Waals surface area (Å²) in [5.41, 5.74) is -1.21. The molecule has 3 aromatic rings. The molecule has 1 saturated heterocycles. The van der Waals surface area contributed by atoms with Crippen LogP contribution in [0, 0.1) is 6.92 Å². The predicted octanol–water partition coefficient (Wildman–Crippen LogP) is 2.01. The Hall–Kier alpha value is -6.11. The summed E-state index contributed by atoms with van der Waals surface area (Å²) < 4.78 is 0.851. The number of nitrogens with zero attached hydrogens (tertiary/aromatic N) is 2. The normalized spacial score (nSPS) is 14.7. The van der Waals surface area contributed by atoms with Gasteiger partial charge in [-0.15, -0.1) is 0 Å². The minimum atomic E-state index is -1.19. The number of aromatic amines is 1. The minimum absolute atomic E-state index is 0.0153. The summed E-state index contributed by atoms with van der Waals surface area (Å²) in [6.45, 7) is 1.52. The highest BCUT2D eigenvalue weighted by atomic mass is 16.4. The van der Waals surface area contributed by atoms with Gasteiger partial charge in [-0.1, -0.05) is 18.2 Å². The Labute approximate surface area is 230 Å². The lowest BCUT2D eigenvalue weighted by Crippen LogP contribution is -2.54. The van der Waals surface area contributed by atoms with Crippen molar-refractivity contribution in [2.24, 2.45) is 0 Å². The highest BCUT2D eigenvalue weighted by Gasteiger charge is 2.36. The monoisotopic (exact) mass is 556 g/mol. The molecule has 4 rings (SSSR count). The Morgan fingerprint density at radius 1 is 0.780 bits per heavy atom. The summed E-state index contributed by atoms with van der Waals surface area (Å²) in [6.07, 6.45) is 6.72. The van der Waals surface area contributed by atoms with E-state index in [2.05, 4.69) is 4.98 Å². The third-order valence-electron chi connectivity index (χ3n) is 5.93. The molecular formula is C28H20N4O9. The molecule has 41 heavy (non-hydrogen) atoms. The van der Waals surface area contributed by atoms with Gasteiger partial charge < -0.3 is 15.2 Å². The maximum atomic E-state index is 13.1. The molecule has 2 heterocycles. The van der Waals surface area contributed by atoms with E-state index in [1.165, 1.54) is 79.8 Å². The number of anilines is 1. The number of amides is 4. The molecule has 1 aromatic heterocycles. The van der Waals surface area contributed by atoms with Crippen molar-refractivity contribution in [2.45, 2.75) is 6.92 Å². The number of urea groups is 1. The molecule has 0 aliphatic carbocycles. The van der Waals surface area contributed by atoms with Gasteiger partial charge in [-0.3, -0.25) is 19.7 Å². The first-order valence-electron chi connectivity index (χ1n) is 11.8. The zero-order valence-corrected chi connectivity index (χ0v) is 21.2. The Kier molecular flexibility index (Phi) is 7.71. The standard InChI is InChI=1S/C28H20N4O9/c1-15-20(23(34)31(27(40)29-15)18-11-7-16(8-12-18)25(36)37)5-3-2-4-6-21-22(33)30-28(41)32(24(21)35)19-13-9-17(10-14-19)26(38)39/h2-14H,1H3,(H,29,40)(H,36,37)(H,38,39)(H,30,33,41)/b4-2+,5-3+,21-6+. The van der Waals surface area contributed by atoms with Crippen LogP contribution < -0.4 is 21.5 Å². The number of aromatic carboxylic acids is 2. The van der Waals surface area contributed by atoms with Crippen LogP contribution in [0.3, 0.4) is 0 Å². The summed E-state index contributed by atoms with van der Waals surface area (Å²) in [6, 6.07) is 9.12. The largest absolute Gasteiger partial charge is 0.478 e. The highest BCUT2D eigenvalue weighted by Crippen LogP contribution is 2.21. The molecule has 0 saturated carbocycles. The highest BCUT2D eigenvalue weighted by molar-refractivity contribution is 6.37. The van der Waals surface area contributed by atoms with Crippen molar-refractivity contribution in [1.29, 1.82) is 0 Å². The molecule has 13 nitrogen and oxygen atoms in total. The molecule has 13 heteroatoms. The van der Waals surface area contributed by atoms with E-state index in [9.17, 15) is 33.6 Å². The lowest BCUT2D eigenvalue weighted by atomic mass is 10.1. The lowest BCUT2D eigenvalue weighted by Gasteiger charge is -2.26. The van der Waals surface area contributed by atoms with E-state index in [1.54, 1.807) is 0 Å². The average molecular weight is 556 g/mol. The van der Waals surface area contributed by atoms with Crippen LogP contribution in [0.1, 0.15) is 32.0 Å². The number of imide groups is 2. The summed E-state index contributed by atoms with van der Waals surface area (Å²) in [4.78, 5) is 88.4. The molecule has 0 radical (unpaired) electrons. The van der Waals surface area contributed by atoms with Crippen LogP contribution >= 0.6 is 0 Å². The maximum absolute atomic E-state index is 13.1. The second kappa shape index (κ2) is 11.3. The van der Waals surface area contributed by atoms with Crippen molar-refractivity contribution in [3.8, 4) is 5.69 Å². The van der Waals surface area contributed by atoms with Crippen LogP contribution in [0.25, 0.3) is 11.8 Å². The van der Waals surface area contributed by atoms with E-state index >= 15 is 0 Å². The van der Waals surface area contributed by atoms with E-state index in [1.807, 2.05) is 5.32 Å². The molecule has 0 unspecified atom stereocenters. The van der Waals surface area contributed by atoms with Crippen molar-refractivity contribution >= 4 is 41.5 Å². The number of aromatic nitrogens is 2. The van der Waals surface area contributed by atoms with Gasteiger partial charge in [0, 0.05) is 5.69 Å². The minimum Gasteiger partial charge on any atom is -0.478 e. The van der Waals surface area contributed by atoms with Crippen molar-refractivity contribution in [2.75, 3.05) is 4.90 Å². The molecule has 206 valence electrons. The molecular weight excluding hydrogens is 536 g/mol. The zero-order chi connectivity index (χ0) is 29.8. The predicted molar refractivity (Wildman–Crippen MR) is 145 cm³/mol. The van der Waals surface area contributed by atoms with Gasteiger partial charge in [0.2, 0.25) is 0 Å². The third kappa shape index (κ3) is 5.68. The molecule has 0 atom stereocenters. The molecule has 0 bridgehead atoms. The molecule has 4 amide bonds. The van der Waals surface area contributed by atoms with Crippen LogP contribution in [0.2, 0.25) is 0 Å². The first-order valence-corrected chi connectivity index (χ1v) is 11.8. The van der Waals surface area contributed by atoms with Crippen LogP contribution in [-0.2, 0) is 9.59 Å². The van der Waals surface area contributed by atoms with Gasteiger partial charge in [-0.2, -0.15) is 0 Å². The number of carboxylic acid groups (broad SMARTS) is 2. The fourth-order valence-electron chi connectivity index (χ4n) is 3.87. The smallest absolute Gasteiger partial charge is 0.335 e. The topological polar surface area (TPSA) is 196 Å². The summed E-state index contributed by atoms with van der Waals surface area (Å²) in [7, 11) is 0. The number of carbonyl (C=O) groups is 5. The summed E-state index contributed by atoms with van der Waals surface area (Å²) in [5.74, 6) is -4.21. The summed E-state index contributed by atoms with van der Waals surface area (Å²) in [5, 5.41) is 20.1. The van der Waals surface area contributed by atoms with Crippen LogP contribution in [-0.4, -0.2) is 49.5 Å². The molecule has 4 N–H and O–H groups in total. The fourth-order valence-corrected chi connectivity index (χ4v) is 3.87. The number of carbonyl (C=O) groups excluding carboxylic acids is 3. The molecule has 1 aliphatic heterocycles. The Balaban J connectivity index is 1.58. The van der Waals surface area contributed by atoms with E-state index in [4.69, 9.17) is 10.2 Å². The molecule has 0 spiro atoms. The van der Waals surface area contributed by atoms with E-state index < -0.39 is 41.0 Å². The van der Waals surface area contributed by atoms with Crippen LogP contribution in [0.15, 0.2) is 88.0 Å². The number of carboxylic acids is 2. The molecule has 1 aliphatic rings. The first kappa shape index (κ1) is 27.9. The van der Waals surface area contributed by atoms with Gasteiger partial charge in [0.05, 0.1) is 28.1 Å². The summed E-state index contributed by atoms with van der Waals surface area (Å²) >= 11 is 0. The Bertz CT molecular complexity index is 1810. The number of hydrogen-bond acceptors (Lipinski definition) is 7. The van der Waals surface area contributed by atoms with E-state index in [0.29, 0.717) is 4.90 Å². The van der Waals surface area contributed by atoms with Gasteiger partial charge in [0.15, 0.2) is 0 Å². The number of aryl methyl sites for hydroxylation is 1. The van der Waals surface area contributed by atoms with Gasteiger partial charge in [0.25, 0.3) is 17.4 Å². The molecule has 2 aromatic carbocycles. The van der Waals surface area contributed by atoms with Crippen molar-refractivity contribution in [1.82, 2.24) is 14.9 Å². The van der Waals surface area contributed by atoms with Crippen molar-refractivity contribution in [3.05, 3.63) is 122 Å². The number of H-pyrrole nitrogens is 1. The number of rotatable bonds is 7. The molecule has 1 fully saturated rings. The number of benzene rings is 2. The maximum Gasteiger partial charge on any atom is 0.335 e.